The van der Waals surface area contributed by atoms with Gasteiger partial charge in [0.25, 0.3) is 0 Å². The minimum atomic E-state index is -0.494. The van der Waals surface area contributed by atoms with Gasteiger partial charge in [-0.15, -0.1) is 0 Å². The van der Waals surface area contributed by atoms with Crippen LogP contribution in [-0.4, -0.2) is 35.8 Å². The Morgan fingerprint density at radius 3 is 2.58 bits per heavy atom. The fourth-order valence-corrected chi connectivity index (χ4v) is 4.13. The van der Waals surface area contributed by atoms with Crippen molar-refractivity contribution in [2.45, 2.75) is 64.3 Å². The summed E-state index contributed by atoms with van der Waals surface area (Å²) in [7, 11) is 0. The number of nitrogens with one attached hydrogen (secondary N) is 1. The lowest BCUT2D eigenvalue weighted by Crippen LogP contribution is -2.53. The van der Waals surface area contributed by atoms with Gasteiger partial charge in [0.15, 0.2) is 0 Å². The van der Waals surface area contributed by atoms with Crippen LogP contribution in [0.25, 0.3) is 0 Å². The summed E-state index contributed by atoms with van der Waals surface area (Å²) < 4.78 is 13.0. The maximum atomic E-state index is 13.0. The number of aryl methyl sites for hydroxylation is 1. The monoisotopic (exact) mass is 360 g/mol. The summed E-state index contributed by atoms with van der Waals surface area (Å²) in [5.74, 6) is -0.0884. The number of halogens is 1. The Balaban J connectivity index is 1.53. The molecule has 26 heavy (non-hydrogen) atoms. The molecular weight excluding hydrogens is 331 g/mol. The summed E-state index contributed by atoms with van der Waals surface area (Å²) in [6.45, 7) is 3.19. The summed E-state index contributed by atoms with van der Waals surface area (Å²) in [4.78, 5) is 27.2. The van der Waals surface area contributed by atoms with Crippen LogP contribution in [0.3, 0.4) is 0 Å². The molecule has 1 saturated heterocycles. The van der Waals surface area contributed by atoms with E-state index in [0.717, 1.165) is 31.2 Å². The van der Waals surface area contributed by atoms with Gasteiger partial charge in [-0.25, -0.2) is 4.39 Å². The Morgan fingerprint density at radius 2 is 1.88 bits per heavy atom. The zero-order valence-corrected chi connectivity index (χ0v) is 15.6. The molecule has 1 aliphatic carbocycles. The lowest BCUT2D eigenvalue weighted by Gasteiger charge is -2.40. The van der Waals surface area contributed by atoms with E-state index >= 15 is 0 Å². The van der Waals surface area contributed by atoms with Crippen LogP contribution in [0.4, 0.5) is 4.39 Å². The Bertz CT molecular complexity index is 640. The first-order valence-electron chi connectivity index (χ1n) is 9.79. The van der Waals surface area contributed by atoms with E-state index in [1.807, 2.05) is 11.8 Å². The largest absolute Gasteiger partial charge is 0.353 e. The second-order valence-electron chi connectivity index (χ2n) is 8.06. The van der Waals surface area contributed by atoms with Crippen molar-refractivity contribution in [3.8, 4) is 0 Å². The predicted molar refractivity (Wildman–Crippen MR) is 99.0 cm³/mol. The molecule has 4 nitrogen and oxygen atoms in total. The molecule has 1 saturated carbocycles. The van der Waals surface area contributed by atoms with Gasteiger partial charge < -0.3 is 10.2 Å². The highest BCUT2D eigenvalue weighted by Crippen LogP contribution is 2.31. The number of hydrogen-bond acceptors (Lipinski definition) is 2. The highest BCUT2D eigenvalue weighted by molar-refractivity contribution is 5.84. The molecule has 1 aromatic carbocycles. The molecular formula is C21H29FN2O2. The van der Waals surface area contributed by atoms with Crippen molar-refractivity contribution >= 4 is 11.8 Å². The Kier molecular flexibility index (Phi) is 5.94. The lowest BCUT2D eigenvalue weighted by atomic mass is 9.80. The standard InChI is InChI=1S/C21H29FN2O2/c1-21(20(26)23-18-5-2-3-6-18)13-4-14-24(15-21)19(25)12-9-16-7-10-17(22)11-8-16/h7-8,10-11,18H,2-6,9,12-15H2,1H3,(H,23,26)/t21-/m0/s1. The van der Waals surface area contributed by atoms with E-state index in [9.17, 15) is 14.0 Å². The molecule has 1 N–H and O–H groups in total. The van der Waals surface area contributed by atoms with Gasteiger partial charge in [0.2, 0.25) is 11.8 Å². The summed E-state index contributed by atoms with van der Waals surface area (Å²) in [5.41, 5.74) is 0.463. The smallest absolute Gasteiger partial charge is 0.227 e. The summed E-state index contributed by atoms with van der Waals surface area (Å²) >= 11 is 0. The van der Waals surface area contributed by atoms with E-state index in [2.05, 4.69) is 5.32 Å². The number of likely N-dealkylation sites (tertiary alicyclic amines) is 1. The van der Waals surface area contributed by atoms with Gasteiger partial charge in [-0.1, -0.05) is 25.0 Å². The molecule has 0 bridgehead atoms. The van der Waals surface area contributed by atoms with Crippen molar-refractivity contribution in [3.63, 3.8) is 0 Å². The number of amides is 2. The molecule has 0 unspecified atom stereocenters. The molecule has 1 atom stereocenters. The van der Waals surface area contributed by atoms with Gasteiger partial charge in [-0.3, -0.25) is 9.59 Å². The average molecular weight is 360 g/mol. The quantitative estimate of drug-likeness (QED) is 0.874. The molecule has 142 valence electrons. The van der Waals surface area contributed by atoms with Gasteiger partial charge in [-0.05, 0) is 56.7 Å². The number of carbonyl (C=O) groups is 2. The van der Waals surface area contributed by atoms with Gasteiger partial charge in [0.05, 0.1) is 5.41 Å². The van der Waals surface area contributed by atoms with Crippen molar-refractivity contribution in [3.05, 3.63) is 35.6 Å². The first kappa shape index (κ1) is 18.9. The van der Waals surface area contributed by atoms with E-state index < -0.39 is 5.41 Å². The number of carbonyl (C=O) groups excluding carboxylic acids is 2. The van der Waals surface area contributed by atoms with E-state index in [1.54, 1.807) is 12.1 Å². The van der Waals surface area contributed by atoms with Crippen LogP contribution >= 0.6 is 0 Å². The highest BCUT2D eigenvalue weighted by atomic mass is 19.1. The second-order valence-corrected chi connectivity index (χ2v) is 8.06. The summed E-state index contributed by atoms with van der Waals surface area (Å²) in [6, 6.07) is 6.59. The SMILES string of the molecule is C[C@]1(C(=O)NC2CCCC2)CCCN(C(=O)CCc2ccc(F)cc2)C1. The molecule has 2 fully saturated rings. The molecule has 1 aliphatic heterocycles. The van der Waals surface area contributed by atoms with Crippen LogP contribution in [0.1, 0.15) is 57.4 Å². The van der Waals surface area contributed by atoms with Gasteiger partial charge >= 0.3 is 0 Å². The maximum absolute atomic E-state index is 13.0. The van der Waals surface area contributed by atoms with Crippen molar-refractivity contribution in [2.75, 3.05) is 13.1 Å². The van der Waals surface area contributed by atoms with Crippen molar-refractivity contribution in [1.29, 1.82) is 0 Å². The minimum absolute atomic E-state index is 0.0777. The van der Waals surface area contributed by atoms with Gasteiger partial charge in [0.1, 0.15) is 5.82 Å². The van der Waals surface area contributed by atoms with E-state index in [-0.39, 0.29) is 17.6 Å². The Hall–Kier alpha value is -1.91. The number of piperidine rings is 1. The topological polar surface area (TPSA) is 49.4 Å². The highest BCUT2D eigenvalue weighted by Gasteiger charge is 2.40. The van der Waals surface area contributed by atoms with Crippen LogP contribution in [-0.2, 0) is 16.0 Å². The van der Waals surface area contributed by atoms with E-state index in [1.165, 1.54) is 25.0 Å². The fourth-order valence-electron chi connectivity index (χ4n) is 4.13. The van der Waals surface area contributed by atoms with E-state index in [4.69, 9.17) is 0 Å². The number of hydrogen-bond donors (Lipinski definition) is 1. The Labute approximate surface area is 155 Å². The van der Waals surface area contributed by atoms with Crippen molar-refractivity contribution in [2.24, 2.45) is 5.41 Å². The number of benzene rings is 1. The predicted octanol–water partition coefficient (Wildman–Crippen LogP) is 3.45. The molecule has 2 amide bonds. The number of rotatable bonds is 5. The lowest BCUT2D eigenvalue weighted by molar-refractivity contribution is -0.141. The van der Waals surface area contributed by atoms with Gasteiger partial charge in [0, 0.05) is 25.6 Å². The van der Waals surface area contributed by atoms with Crippen LogP contribution in [0.2, 0.25) is 0 Å². The molecule has 2 aliphatic rings. The summed E-state index contributed by atoms with van der Waals surface area (Å²) in [6.07, 6.45) is 7.20. The maximum Gasteiger partial charge on any atom is 0.227 e. The van der Waals surface area contributed by atoms with Gasteiger partial charge in [-0.2, -0.15) is 0 Å². The molecule has 5 heteroatoms. The third kappa shape index (κ3) is 4.63. The number of nitrogens with zero attached hydrogens (tertiary/aromatic N) is 1. The normalized spacial score (nSPS) is 23.8. The van der Waals surface area contributed by atoms with Crippen molar-refractivity contribution < 1.29 is 14.0 Å². The van der Waals surface area contributed by atoms with E-state index in [0.29, 0.717) is 32.0 Å². The van der Waals surface area contributed by atoms with Crippen LogP contribution < -0.4 is 5.32 Å². The summed E-state index contributed by atoms with van der Waals surface area (Å²) in [5, 5.41) is 3.20. The third-order valence-corrected chi connectivity index (χ3v) is 5.83. The zero-order chi connectivity index (χ0) is 18.6. The first-order chi connectivity index (χ1) is 12.5. The van der Waals surface area contributed by atoms with Crippen LogP contribution in [0, 0.1) is 11.2 Å². The molecule has 0 radical (unpaired) electrons. The molecule has 0 aromatic heterocycles. The molecule has 1 aromatic rings. The minimum Gasteiger partial charge on any atom is -0.353 e. The molecule has 1 heterocycles. The average Bonchev–Trinajstić information content (AvgIpc) is 3.14. The molecule has 3 rings (SSSR count). The first-order valence-corrected chi connectivity index (χ1v) is 9.79. The van der Waals surface area contributed by atoms with Crippen LogP contribution in [0.15, 0.2) is 24.3 Å². The second kappa shape index (κ2) is 8.19. The van der Waals surface area contributed by atoms with Crippen molar-refractivity contribution in [1.82, 2.24) is 10.2 Å². The Morgan fingerprint density at radius 1 is 1.19 bits per heavy atom. The molecule has 0 spiro atoms. The fraction of sp³-hybridized carbons (Fsp3) is 0.619. The zero-order valence-electron chi connectivity index (χ0n) is 15.6. The van der Waals surface area contributed by atoms with Crippen LogP contribution in [0.5, 0.6) is 0 Å². The third-order valence-electron chi connectivity index (χ3n) is 5.83.